The molecule has 1 aromatic heterocycles. The predicted octanol–water partition coefficient (Wildman–Crippen LogP) is 3.00. The fourth-order valence-corrected chi connectivity index (χ4v) is 3.20. The number of nitrogens with one attached hydrogen (secondary N) is 1. The van der Waals surface area contributed by atoms with Crippen LogP contribution < -0.4 is 20.3 Å². The molecule has 4 rings (SSSR count). The van der Waals surface area contributed by atoms with Crippen LogP contribution in [0.1, 0.15) is 0 Å². The molecular weight excluding hydrogens is 378 g/mol. The number of fused-ring (bicyclic) bond motifs is 1. The first-order valence-corrected chi connectivity index (χ1v) is 9.77. The lowest BCUT2D eigenvalue weighted by Crippen LogP contribution is -2.29. The molecule has 1 aliphatic heterocycles. The van der Waals surface area contributed by atoms with Gasteiger partial charge < -0.3 is 14.8 Å². The van der Waals surface area contributed by atoms with E-state index < -0.39 is 0 Å². The number of hydrogen-bond acceptors (Lipinski definition) is 6. The number of hydrogen-bond donors (Lipinski definition) is 1. The second kappa shape index (κ2) is 7.77. The second-order valence-electron chi connectivity index (χ2n) is 6.06. The smallest absolute Gasteiger partial charge is 0.267 e. The Morgan fingerprint density at radius 3 is 2.68 bits per heavy atom. The van der Waals surface area contributed by atoms with Gasteiger partial charge in [-0.1, -0.05) is 12.1 Å². The molecule has 2 aromatic carbocycles. The van der Waals surface area contributed by atoms with Crippen LogP contribution in [-0.2, 0) is 11.3 Å². The first-order chi connectivity index (χ1) is 13.6. The molecule has 1 N–H and O–H groups in total. The van der Waals surface area contributed by atoms with Crippen molar-refractivity contribution in [2.45, 2.75) is 11.4 Å². The van der Waals surface area contributed by atoms with Gasteiger partial charge in [0.2, 0.25) is 12.7 Å². The van der Waals surface area contributed by atoms with Crippen LogP contribution in [0.5, 0.6) is 11.5 Å². The molecular formula is C20H17N3O4S. The largest absolute Gasteiger partial charge is 0.454 e. The van der Waals surface area contributed by atoms with Gasteiger partial charge in [-0.2, -0.15) is 5.10 Å². The molecule has 0 atom stereocenters. The van der Waals surface area contributed by atoms with Crippen molar-refractivity contribution < 1.29 is 14.3 Å². The molecule has 0 fully saturated rings. The van der Waals surface area contributed by atoms with E-state index in [9.17, 15) is 9.59 Å². The number of anilines is 1. The van der Waals surface area contributed by atoms with E-state index >= 15 is 0 Å². The van der Waals surface area contributed by atoms with Crippen LogP contribution in [0.3, 0.4) is 0 Å². The summed E-state index contributed by atoms with van der Waals surface area (Å²) in [4.78, 5) is 25.6. The molecule has 0 spiro atoms. The van der Waals surface area contributed by atoms with Gasteiger partial charge in [-0.25, -0.2) is 4.68 Å². The van der Waals surface area contributed by atoms with Crippen molar-refractivity contribution in [3.8, 4) is 22.8 Å². The van der Waals surface area contributed by atoms with Gasteiger partial charge in [-0.15, -0.1) is 11.8 Å². The molecule has 0 saturated heterocycles. The van der Waals surface area contributed by atoms with E-state index in [-0.39, 0.29) is 24.8 Å². The highest BCUT2D eigenvalue weighted by molar-refractivity contribution is 7.98. The lowest BCUT2D eigenvalue weighted by Gasteiger charge is -2.09. The molecule has 1 aliphatic rings. The number of carbonyl (C=O) groups is 1. The van der Waals surface area contributed by atoms with Crippen LogP contribution in [0.2, 0.25) is 0 Å². The van der Waals surface area contributed by atoms with Gasteiger partial charge in [0.25, 0.3) is 5.56 Å². The van der Waals surface area contributed by atoms with Crippen molar-refractivity contribution in [3.63, 3.8) is 0 Å². The van der Waals surface area contributed by atoms with Gasteiger partial charge in [-0.05, 0) is 36.6 Å². The molecule has 0 aliphatic carbocycles. The summed E-state index contributed by atoms with van der Waals surface area (Å²) < 4.78 is 11.7. The van der Waals surface area contributed by atoms with Gasteiger partial charge >= 0.3 is 0 Å². The van der Waals surface area contributed by atoms with Crippen LogP contribution in [0.25, 0.3) is 11.3 Å². The Hall–Kier alpha value is -3.26. The topological polar surface area (TPSA) is 82.5 Å². The van der Waals surface area contributed by atoms with Gasteiger partial charge in [0.15, 0.2) is 11.5 Å². The number of aromatic nitrogens is 2. The lowest BCUT2D eigenvalue weighted by molar-refractivity contribution is -0.117. The molecule has 0 radical (unpaired) electrons. The summed E-state index contributed by atoms with van der Waals surface area (Å²) in [5, 5.41) is 7.07. The van der Waals surface area contributed by atoms with Crippen molar-refractivity contribution in [3.05, 3.63) is 65.0 Å². The van der Waals surface area contributed by atoms with Crippen molar-refractivity contribution in [1.29, 1.82) is 0 Å². The third-order valence-corrected chi connectivity index (χ3v) is 4.95. The maximum Gasteiger partial charge on any atom is 0.267 e. The number of benzene rings is 2. The van der Waals surface area contributed by atoms with Gasteiger partial charge in [-0.3, -0.25) is 9.59 Å². The molecule has 3 aromatic rings. The minimum Gasteiger partial charge on any atom is -0.454 e. The zero-order valence-electron chi connectivity index (χ0n) is 15.0. The first-order valence-electron chi connectivity index (χ1n) is 8.54. The Kier molecular flexibility index (Phi) is 5.03. The van der Waals surface area contributed by atoms with Crippen molar-refractivity contribution >= 4 is 23.4 Å². The Bertz CT molecular complexity index is 1080. The van der Waals surface area contributed by atoms with Gasteiger partial charge in [0, 0.05) is 28.3 Å². The number of carbonyl (C=O) groups excluding carboxylic acids is 1. The Morgan fingerprint density at radius 2 is 1.89 bits per heavy atom. The van der Waals surface area contributed by atoms with E-state index in [0.717, 1.165) is 15.1 Å². The number of rotatable bonds is 5. The summed E-state index contributed by atoms with van der Waals surface area (Å²) in [6.07, 6.45) is 2.01. The van der Waals surface area contributed by atoms with Crippen LogP contribution >= 0.6 is 11.8 Å². The highest BCUT2D eigenvalue weighted by atomic mass is 32.2. The normalized spacial score (nSPS) is 12.0. The molecule has 8 heteroatoms. The fourth-order valence-electron chi connectivity index (χ4n) is 2.79. The highest BCUT2D eigenvalue weighted by Gasteiger charge is 2.15. The zero-order chi connectivity index (χ0) is 19.5. The molecule has 1 amide bonds. The van der Waals surface area contributed by atoms with Crippen molar-refractivity contribution in [1.82, 2.24) is 9.78 Å². The standard InChI is InChI=1S/C20H17N3O4S/c1-28-15-5-2-13(3-6-15)16-7-9-20(25)23(22-16)11-19(24)21-14-4-8-17-18(10-14)27-12-26-17/h2-10H,11-12H2,1H3,(H,21,24). The maximum atomic E-state index is 12.4. The SMILES string of the molecule is CSc1ccc(-c2ccc(=O)n(CC(=O)Nc3ccc4c(c3)OCO4)n2)cc1. The van der Waals surface area contributed by atoms with Crippen LogP contribution in [0, 0.1) is 0 Å². The minimum absolute atomic E-state index is 0.163. The highest BCUT2D eigenvalue weighted by Crippen LogP contribution is 2.34. The average Bonchev–Trinajstić information content (AvgIpc) is 3.17. The molecule has 2 heterocycles. The molecule has 142 valence electrons. The fraction of sp³-hybridized carbons (Fsp3) is 0.150. The Morgan fingerprint density at radius 1 is 1.11 bits per heavy atom. The van der Waals surface area contributed by atoms with Crippen molar-refractivity contribution in [2.24, 2.45) is 0 Å². The lowest BCUT2D eigenvalue weighted by atomic mass is 10.1. The van der Waals surface area contributed by atoms with Gasteiger partial charge in [0.1, 0.15) is 6.54 Å². The van der Waals surface area contributed by atoms with Crippen LogP contribution in [-0.4, -0.2) is 28.7 Å². The molecule has 0 bridgehead atoms. The van der Waals surface area contributed by atoms with E-state index in [1.165, 1.54) is 6.07 Å². The Balaban J connectivity index is 1.50. The van der Waals surface area contributed by atoms with Crippen LogP contribution in [0.4, 0.5) is 5.69 Å². The molecule has 0 saturated carbocycles. The monoisotopic (exact) mass is 395 g/mol. The summed E-state index contributed by atoms with van der Waals surface area (Å²) in [6, 6.07) is 16.0. The number of amides is 1. The van der Waals surface area contributed by atoms with E-state index in [0.29, 0.717) is 22.9 Å². The van der Waals surface area contributed by atoms with E-state index in [2.05, 4.69) is 10.4 Å². The van der Waals surface area contributed by atoms with Crippen LogP contribution in [0.15, 0.2) is 64.3 Å². The first kappa shape index (κ1) is 18.1. The number of ether oxygens (including phenoxy) is 2. The minimum atomic E-state index is -0.358. The molecule has 7 nitrogen and oxygen atoms in total. The summed E-state index contributed by atoms with van der Waals surface area (Å²) >= 11 is 1.65. The van der Waals surface area contributed by atoms with E-state index in [1.54, 1.807) is 36.0 Å². The maximum absolute atomic E-state index is 12.4. The third kappa shape index (κ3) is 3.86. The summed E-state index contributed by atoms with van der Waals surface area (Å²) in [5.74, 6) is 0.850. The van der Waals surface area contributed by atoms with E-state index in [1.807, 2.05) is 30.5 Å². The van der Waals surface area contributed by atoms with E-state index in [4.69, 9.17) is 9.47 Å². The molecule has 0 unspecified atom stereocenters. The Labute approximate surface area is 165 Å². The second-order valence-corrected chi connectivity index (χ2v) is 6.94. The number of thioether (sulfide) groups is 1. The summed E-state index contributed by atoms with van der Waals surface area (Å²) in [7, 11) is 0. The van der Waals surface area contributed by atoms with Gasteiger partial charge in [0.05, 0.1) is 5.69 Å². The number of nitrogens with zero attached hydrogens (tertiary/aromatic N) is 2. The quantitative estimate of drug-likeness (QED) is 0.669. The average molecular weight is 395 g/mol. The third-order valence-electron chi connectivity index (χ3n) is 4.20. The summed E-state index contributed by atoms with van der Waals surface area (Å²) in [5.41, 5.74) is 1.72. The molecule has 28 heavy (non-hydrogen) atoms. The zero-order valence-corrected chi connectivity index (χ0v) is 15.9. The van der Waals surface area contributed by atoms with Crippen molar-refractivity contribution in [2.75, 3.05) is 18.4 Å². The summed E-state index contributed by atoms with van der Waals surface area (Å²) in [6.45, 7) is -0.0270. The predicted molar refractivity (Wildman–Crippen MR) is 107 cm³/mol.